The third kappa shape index (κ3) is 3.60. The van der Waals surface area contributed by atoms with Crippen LogP contribution in [0.1, 0.15) is 16.3 Å². The van der Waals surface area contributed by atoms with Crippen molar-refractivity contribution in [2.75, 3.05) is 0 Å². The molecule has 0 radical (unpaired) electrons. The molecule has 0 spiro atoms. The van der Waals surface area contributed by atoms with Gasteiger partial charge in [0, 0.05) is 17.8 Å². The van der Waals surface area contributed by atoms with Gasteiger partial charge in [-0.2, -0.15) is 0 Å². The van der Waals surface area contributed by atoms with E-state index < -0.39 is 0 Å². The molecule has 0 aliphatic carbocycles. The first-order valence-electron chi connectivity index (χ1n) is 5.79. The molecule has 1 aromatic carbocycles. The van der Waals surface area contributed by atoms with E-state index in [1.807, 2.05) is 12.3 Å². The summed E-state index contributed by atoms with van der Waals surface area (Å²) < 4.78 is 12.8. The van der Waals surface area contributed by atoms with Gasteiger partial charge in [0.05, 0.1) is 10.7 Å². The predicted octanol–water partition coefficient (Wildman–Crippen LogP) is 2.21. The average molecular weight is 265 g/mol. The second-order valence-electron chi connectivity index (χ2n) is 4.26. The number of hydrazine groups is 1. The monoisotopic (exact) mass is 265 g/mol. The highest BCUT2D eigenvalue weighted by molar-refractivity contribution is 7.09. The highest BCUT2D eigenvalue weighted by atomic mass is 32.1. The molecule has 0 saturated heterocycles. The average Bonchev–Trinajstić information content (AvgIpc) is 2.77. The van der Waals surface area contributed by atoms with Crippen LogP contribution in [0.4, 0.5) is 4.39 Å². The predicted molar refractivity (Wildman–Crippen MR) is 71.8 cm³/mol. The molecule has 3 nitrogen and oxygen atoms in total. The van der Waals surface area contributed by atoms with Gasteiger partial charge in [0.2, 0.25) is 0 Å². The second-order valence-corrected chi connectivity index (χ2v) is 5.32. The van der Waals surface area contributed by atoms with Crippen LogP contribution in [0, 0.1) is 12.7 Å². The van der Waals surface area contributed by atoms with Gasteiger partial charge in [0.15, 0.2) is 0 Å². The van der Waals surface area contributed by atoms with Gasteiger partial charge in [-0.05, 0) is 31.0 Å². The first-order valence-corrected chi connectivity index (χ1v) is 6.67. The first-order chi connectivity index (χ1) is 8.67. The lowest BCUT2D eigenvalue weighted by atomic mass is 10.0. The Labute approximate surface area is 110 Å². The number of aryl methyl sites for hydroxylation is 1. The van der Waals surface area contributed by atoms with Gasteiger partial charge in [0.1, 0.15) is 5.82 Å². The molecular weight excluding hydrogens is 249 g/mol. The summed E-state index contributed by atoms with van der Waals surface area (Å²) in [6.07, 6.45) is 1.53. The van der Waals surface area contributed by atoms with E-state index in [4.69, 9.17) is 5.84 Å². The molecule has 1 aromatic heterocycles. The minimum Gasteiger partial charge on any atom is -0.271 e. The van der Waals surface area contributed by atoms with E-state index in [0.717, 1.165) is 29.1 Å². The first kappa shape index (κ1) is 13.1. The lowest BCUT2D eigenvalue weighted by Gasteiger charge is -2.14. The molecule has 18 heavy (non-hydrogen) atoms. The fraction of sp³-hybridized carbons (Fsp3) is 0.308. The minimum atomic E-state index is -0.217. The van der Waals surface area contributed by atoms with Gasteiger partial charge >= 0.3 is 0 Å². The second kappa shape index (κ2) is 6.04. The van der Waals surface area contributed by atoms with Crippen molar-refractivity contribution in [3.05, 3.63) is 51.7 Å². The quantitative estimate of drug-likeness (QED) is 0.644. The molecule has 1 unspecified atom stereocenters. The fourth-order valence-corrected chi connectivity index (χ4v) is 2.47. The van der Waals surface area contributed by atoms with E-state index >= 15 is 0 Å². The fourth-order valence-electron chi connectivity index (χ4n) is 1.85. The number of hydrogen-bond donors (Lipinski definition) is 2. The molecule has 2 aromatic rings. The molecule has 96 valence electrons. The highest BCUT2D eigenvalue weighted by Crippen LogP contribution is 2.12. The third-order valence-electron chi connectivity index (χ3n) is 2.75. The van der Waals surface area contributed by atoms with Crippen LogP contribution in [0.5, 0.6) is 0 Å². The Kier molecular flexibility index (Phi) is 4.41. The summed E-state index contributed by atoms with van der Waals surface area (Å²) >= 11 is 1.64. The van der Waals surface area contributed by atoms with E-state index in [0.29, 0.717) is 0 Å². The van der Waals surface area contributed by atoms with Crippen molar-refractivity contribution in [3.8, 4) is 0 Å². The van der Waals surface area contributed by atoms with Crippen molar-refractivity contribution in [2.45, 2.75) is 25.8 Å². The molecule has 1 heterocycles. The van der Waals surface area contributed by atoms with Crippen LogP contribution in [0.15, 0.2) is 29.6 Å². The largest absolute Gasteiger partial charge is 0.271 e. The zero-order valence-corrected chi connectivity index (χ0v) is 11.0. The number of nitrogens with zero attached hydrogens (tertiary/aromatic N) is 1. The summed E-state index contributed by atoms with van der Waals surface area (Å²) in [5, 5.41) is 3.10. The van der Waals surface area contributed by atoms with Crippen molar-refractivity contribution >= 4 is 11.3 Å². The summed E-state index contributed by atoms with van der Waals surface area (Å²) in [6.45, 7) is 1.99. The van der Waals surface area contributed by atoms with Crippen LogP contribution in [-0.2, 0) is 12.8 Å². The van der Waals surface area contributed by atoms with Crippen molar-refractivity contribution in [1.29, 1.82) is 0 Å². The Hall–Kier alpha value is -1.30. The van der Waals surface area contributed by atoms with Gasteiger partial charge in [-0.15, -0.1) is 11.3 Å². The number of thiazole rings is 1. The maximum atomic E-state index is 12.8. The van der Waals surface area contributed by atoms with Crippen LogP contribution < -0.4 is 11.3 Å². The lowest BCUT2D eigenvalue weighted by Crippen LogP contribution is -2.38. The summed E-state index contributed by atoms with van der Waals surface area (Å²) in [6, 6.07) is 6.61. The van der Waals surface area contributed by atoms with Crippen LogP contribution in [0.2, 0.25) is 0 Å². The molecule has 0 bridgehead atoms. The molecule has 0 fully saturated rings. The normalized spacial score (nSPS) is 12.6. The molecule has 0 saturated carbocycles. The van der Waals surface area contributed by atoms with Crippen molar-refractivity contribution < 1.29 is 4.39 Å². The Morgan fingerprint density at radius 1 is 1.33 bits per heavy atom. The number of rotatable bonds is 5. The number of aromatic nitrogens is 1. The van der Waals surface area contributed by atoms with E-state index in [9.17, 15) is 4.39 Å². The van der Waals surface area contributed by atoms with Gasteiger partial charge in [-0.25, -0.2) is 9.37 Å². The van der Waals surface area contributed by atoms with E-state index in [2.05, 4.69) is 10.4 Å². The standard InChI is InChI=1S/C13H16FN3S/c1-9-16-13(8-18-9)7-12(17-15)6-10-2-4-11(14)5-3-10/h2-5,8,12,17H,6-7,15H2,1H3. The number of nitrogens with one attached hydrogen (secondary N) is 1. The van der Waals surface area contributed by atoms with E-state index in [1.165, 1.54) is 12.1 Å². The Morgan fingerprint density at radius 2 is 2.06 bits per heavy atom. The number of benzene rings is 1. The Balaban J connectivity index is 1.99. The third-order valence-corrected chi connectivity index (χ3v) is 3.58. The molecule has 0 aliphatic heterocycles. The van der Waals surface area contributed by atoms with Crippen molar-refractivity contribution in [1.82, 2.24) is 10.4 Å². The topological polar surface area (TPSA) is 50.9 Å². The van der Waals surface area contributed by atoms with Crippen LogP contribution >= 0.6 is 11.3 Å². The zero-order chi connectivity index (χ0) is 13.0. The molecule has 2 rings (SSSR count). The molecule has 0 amide bonds. The molecule has 3 N–H and O–H groups in total. The van der Waals surface area contributed by atoms with E-state index in [1.54, 1.807) is 23.5 Å². The lowest BCUT2D eigenvalue weighted by molar-refractivity contribution is 0.517. The van der Waals surface area contributed by atoms with Gasteiger partial charge in [-0.1, -0.05) is 12.1 Å². The number of halogens is 1. The molecular formula is C13H16FN3S. The summed E-state index contributed by atoms with van der Waals surface area (Å²) in [4.78, 5) is 4.42. The van der Waals surface area contributed by atoms with Gasteiger partial charge in [0.25, 0.3) is 0 Å². The minimum absolute atomic E-state index is 0.108. The Bertz CT molecular complexity index is 495. The molecule has 1 atom stereocenters. The van der Waals surface area contributed by atoms with E-state index in [-0.39, 0.29) is 11.9 Å². The number of nitrogens with two attached hydrogens (primary N) is 1. The maximum Gasteiger partial charge on any atom is 0.123 e. The molecule has 0 aliphatic rings. The van der Waals surface area contributed by atoms with Crippen molar-refractivity contribution in [3.63, 3.8) is 0 Å². The van der Waals surface area contributed by atoms with Crippen LogP contribution in [0.3, 0.4) is 0 Å². The smallest absolute Gasteiger partial charge is 0.123 e. The zero-order valence-electron chi connectivity index (χ0n) is 10.2. The van der Waals surface area contributed by atoms with Crippen LogP contribution in [-0.4, -0.2) is 11.0 Å². The summed E-state index contributed by atoms with van der Waals surface area (Å²) in [5.41, 5.74) is 4.90. The SMILES string of the molecule is Cc1nc(CC(Cc2ccc(F)cc2)NN)cs1. The van der Waals surface area contributed by atoms with Crippen LogP contribution in [0.25, 0.3) is 0 Å². The Morgan fingerprint density at radius 3 is 2.61 bits per heavy atom. The maximum absolute atomic E-state index is 12.8. The van der Waals surface area contributed by atoms with Gasteiger partial charge < -0.3 is 0 Å². The summed E-state index contributed by atoms with van der Waals surface area (Å²) in [7, 11) is 0. The van der Waals surface area contributed by atoms with Gasteiger partial charge in [-0.3, -0.25) is 11.3 Å². The summed E-state index contributed by atoms with van der Waals surface area (Å²) in [5.74, 6) is 5.34. The number of hydrogen-bond acceptors (Lipinski definition) is 4. The highest BCUT2D eigenvalue weighted by Gasteiger charge is 2.11. The molecule has 5 heteroatoms. The van der Waals surface area contributed by atoms with Crippen molar-refractivity contribution in [2.24, 2.45) is 5.84 Å².